The normalized spacial score (nSPS) is 23.5. The third kappa shape index (κ3) is 2.69. The van der Waals surface area contributed by atoms with Crippen LogP contribution < -0.4 is 4.90 Å². The number of likely N-dealkylation sites (tertiary alicyclic amines) is 1. The summed E-state index contributed by atoms with van der Waals surface area (Å²) in [7, 11) is 1.84. The highest BCUT2D eigenvalue weighted by Crippen LogP contribution is 2.42. The Morgan fingerprint density at radius 3 is 2.84 bits per heavy atom. The van der Waals surface area contributed by atoms with Gasteiger partial charge in [0.15, 0.2) is 0 Å². The minimum absolute atomic E-state index is 0.0418. The quantitative estimate of drug-likeness (QED) is 0.831. The zero-order valence-electron chi connectivity index (χ0n) is 14.3. The predicted molar refractivity (Wildman–Crippen MR) is 92.0 cm³/mol. The van der Waals surface area contributed by atoms with Crippen LogP contribution in [0.25, 0.3) is 0 Å². The molecular weight excluding hydrogens is 318 g/mol. The molecule has 7 nitrogen and oxygen atoms in total. The molecule has 0 N–H and O–H groups in total. The number of hydrogen-bond acceptors (Lipinski definition) is 4. The molecule has 4 heterocycles. The first-order chi connectivity index (χ1) is 12.1. The average molecular weight is 339 g/mol. The fraction of sp³-hybridized carbons (Fsp3) is 0.444. The Bertz CT molecular complexity index is 803. The molecule has 2 aromatic heterocycles. The fourth-order valence-electron chi connectivity index (χ4n) is 3.97. The number of anilines is 1. The summed E-state index contributed by atoms with van der Waals surface area (Å²) in [6.07, 6.45) is 9.27. The van der Waals surface area contributed by atoms with Crippen LogP contribution >= 0.6 is 0 Å². The van der Waals surface area contributed by atoms with Gasteiger partial charge in [-0.15, -0.1) is 0 Å². The third-order valence-electron chi connectivity index (χ3n) is 5.29. The van der Waals surface area contributed by atoms with Crippen molar-refractivity contribution in [2.24, 2.45) is 12.5 Å². The van der Waals surface area contributed by atoms with Crippen molar-refractivity contribution < 1.29 is 9.59 Å². The first-order valence-electron chi connectivity index (χ1n) is 8.59. The number of pyridine rings is 1. The second-order valence-corrected chi connectivity index (χ2v) is 6.93. The maximum atomic E-state index is 13.1. The number of piperidine rings is 1. The van der Waals surface area contributed by atoms with Crippen molar-refractivity contribution in [1.29, 1.82) is 0 Å². The van der Waals surface area contributed by atoms with E-state index in [9.17, 15) is 9.59 Å². The van der Waals surface area contributed by atoms with Gasteiger partial charge in [-0.25, -0.2) is 0 Å². The number of rotatable bonds is 2. The molecule has 7 heteroatoms. The zero-order valence-corrected chi connectivity index (χ0v) is 14.3. The number of aromatic nitrogens is 3. The molecule has 25 heavy (non-hydrogen) atoms. The van der Waals surface area contributed by atoms with Crippen molar-refractivity contribution in [2.45, 2.75) is 19.3 Å². The molecule has 1 atom stereocenters. The number of hydrogen-bond donors (Lipinski definition) is 0. The molecule has 2 saturated heterocycles. The minimum atomic E-state index is -0.466. The molecule has 0 bridgehead atoms. The van der Waals surface area contributed by atoms with Crippen LogP contribution in [0.4, 0.5) is 5.69 Å². The van der Waals surface area contributed by atoms with Crippen molar-refractivity contribution in [3.8, 4) is 0 Å². The molecular formula is C18H21N5O2. The highest BCUT2D eigenvalue weighted by molar-refractivity contribution is 6.01. The number of amides is 2. The molecule has 0 saturated carbocycles. The van der Waals surface area contributed by atoms with E-state index in [1.165, 1.54) is 0 Å². The van der Waals surface area contributed by atoms with Crippen molar-refractivity contribution in [3.63, 3.8) is 0 Å². The molecule has 2 aliphatic rings. The van der Waals surface area contributed by atoms with Crippen LogP contribution in [-0.4, -0.2) is 51.1 Å². The maximum Gasteiger partial charge on any atom is 0.255 e. The molecule has 130 valence electrons. The molecule has 2 amide bonds. The molecule has 2 aromatic rings. The molecule has 2 aliphatic heterocycles. The molecule has 1 spiro atoms. The van der Waals surface area contributed by atoms with Gasteiger partial charge in [0, 0.05) is 45.3 Å². The van der Waals surface area contributed by atoms with E-state index in [1.807, 2.05) is 23.0 Å². The van der Waals surface area contributed by atoms with Gasteiger partial charge in [-0.05, 0) is 31.4 Å². The van der Waals surface area contributed by atoms with Gasteiger partial charge >= 0.3 is 0 Å². The van der Waals surface area contributed by atoms with Crippen LogP contribution in [0.2, 0.25) is 0 Å². The largest absolute Gasteiger partial charge is 0.338 e. The van der Waals surface area contributed by atoms with Crippen molar-refractivity contribution in [3.05, 3.63) is 42.5 Å². The van der Waals surface area contributed by atoms with Gasteiger partial charge in [0.2, 0.25) is 5.91 Å². The highest BCUT2D eigenvalue weighted by atomic mass is 16.2. The second kappa shape index (κ2) is 5.98. The van der Waals surface area contributed by atoms with Crippen LogP contribution in [0.15, 0.2) is 36.9 Å². The Balaban J connectivity index is 1.54. The van der Waals surface area contributed by atoms with Crippen LogP contribution in [0.5, 0.6) is 0 Å². The molecule has 2 fully saturated rings. The van der Waals surface area contributed by atoms with E-state index >= 15 is 0 Å². The summed E-state index contributed by atoms with van der Waals surface area (Å²) >= 11 is 0. The van der Waals surface area contributed by atoms with Crippen molar-refractivity contribution >= 4 is 17.5 Å². The summed E-state index contributed by atoms with van der Waals surface area (Å²) < 4.78 is 1.70. The lowest BCUT2D eigenvalue weighted by Crippen LogP contribution is -2.49. The first kappa shape index (κ1) is 15.8. The van der Waals surface area contributed by atoms with Crippen LogP contribution in [0.1, 0.15) is 29.6 Å². The smallest absolute Gasteiger partial charge is 0.255 e. The lowest BCUT2D eigenvalue weighted by atomic mass is 9.78. The van der Waals surface area contributed by atoms with E-state index in [0.717, 1.165) is 24.9 Å². The topological polar surface area (TPSA) is 71.3 Å². The SMILES string of the molecule is Cn1cc(N2CCC3(CCCN(C(=O)c4cccnc4)C3)C2=O)cn1. The summed E-state index contributed by atoms with van der Waals surface area (Å²) in [6.45, 7) is 1.85. The van der Waals surface area contributed by atoms with Crippen LogP contribution in [0.3, 0.4) is 0 Å². The van der Waals surface area contributed by atoms with E-state index < -0.39 is 5.41 Å². The Morgan fingerprint density at radius 1 is 1.24 bits per heavy atom. The Hall–Kier alpha value is -2.70. The van der Waals surface area contributed by atoms with E-state index in [1.54, 1.807) is 35.4 Å². The Kier molecular flexibility index (Phi) is 3.78. The monoisotopic (exact) mass is 339 g/mol. The van der Waals surface area contributed by atoms with Gasteiger partial charge in [-0.3, -0.25) is 19.3 Å². The van der Waals surface area contributed by atoms with E-state index in [2.05, 4.69) is 10.1 Å². The third-order valence-corrected chi connectivity index (χ3v) is 5.29. The van der Waals surface area contributed by atoms with E-state index in [0.29, 0.717) is 25.2 Å². The zero-order chi connectivity index (χ0) is 17.4. The Labute approximate surface area is 146 Å². The molecule has 0 aliphatic carbocycles. The number of aryl methyl sites for hydroxylation is 1. The number of carbonyl (C=O) groups excluding carboxylic acids is 2. The number of nitrogens with zero attached hydrogens (tertiary/aromatic N) is 5. The number of carbonyl (C=O) groups is 2. The summed E-state index contributed by atoms with van der Waals surface area (Å²) in [5.41, 5.74) is 0.945. The van der Waals surface area contributed by atoms with Gasteiger partial charge in [-0.1, -0.05) is 0 Å². The summed E-state index contributed by atoms with van der Waals surface area (Å²) in [6, 6.07) is 3.53. The standard InChI is InChI=1S/C18H21N5O2/c1-21-12-15(11-20-21)23-9-6-18(17(23)25)5-3-8-22(13-18)16(24)14-4-2-7-19-10-14/h2,4,7,10-12H,3,5-6,8-9,13H2,1H3. The lowest BCUT2D eigenvalue weighted by molar-refractivity contribution is -0.127. The molecule has 0 aromatic carbocycles. The van der Waals surface area contributed by atoms with E-state index in [4.69, 9.17) is 0 Å². The van der Waals surface area contributed by atoms with Crippen molar-refractivity contribution in [1.82, 2.24) is 19.7 Å². The fourth-order valence-corrected chi connectivity index (χ4v) is 3.97. The molecule has 0 radical (unpaired) electrons. The van der Waals surface area contributed by atoms with E-state index in [-0.39, 0.29) is 11.8 Å². The first-order valence-corrected chi connectivity index (χ1v) is 8.59. The maximum absolute atomic E-state index is 13.1. The van der Waals surface area contributed by atoms with Gasteiger partial charge in [0.05, 0.1) is 22.9 Å². The molecule has 1 unspecified atom stereocenters. The summed E-state index contributed by atoms with van der Waals surface area (Å²) in [5, 5.41) is 4.16. The Morgan fingerprint density at radius 2 is 2.12 bits per heavy atom. The molecule has 4 rings (SSSR count). The lowest BCUT2D eigenvalue weighted by Gasteiger charge is -2.39. The van der Waals surface area contributed by atoms with Gasteiger partial charge in [0.1, 0.15) is 0 Å². The van der Waals surface area contributed by atoms with Gasteiger partial charge in [0.25, 0.3) is 5.91 Å². The minimum Gasteiger partial charge on any atom is -0.338 e. The van der Waals surface area contributed by atoms with Crippen LogP contribution in [-0.2, 0) is 11.8 Å². The average Bonchev–Trinajstić information content (AvgIpc) is 3.20. The summed E-state index contributed by atoms with van der Waals surface area (Å²) in [5.74, 6) is 0.0731. The van der Waals surface area contributed by atoms with Crippen LogP contribution in [0, 0.1) is 5.41 Å². The second-order valence-electron chi connectivity index (χ2n) is 6.93. The van der Waals surface area contributed by atoms with Gasteiger partial charge in [-0.2, -0.15) is 5.10 Å². The van der Waals surface area contributed by atoms with Crippen molar-refractivity contribution in [2.75, 3.05) is 24.5 Å². The summed E-state index contributed by atoms with van der Waals surface area (Å²) in [4.78, 5) is 33.5. The predicted octanol–water partition coefficient (Wildman–Crippen LogP) is 1.47. The van der Waals surface area contributed by atoms with Gasteiger partial charge < -0.3 is 9.80 Å². The highest BCUT2D eigenvalue weighted by Gasteiger charge is 2.50.